The van der Waals surface area contributed by atoms with Crippen molar-refractivity contribution in [3.05, 3.63) is 11.6 Å². The topological polar surface area (TPSA) is 76.4 Å². The summed E-state index contributed by atoms with van der Waals surface area (Å²) < 4.78 is 7.98. The zero-order valence-corrected chi connectivity index (χ0v) is 15.5. The molecule has 1 unspecified atom stereocenters. The van der Waals surface area contributed by atoms with Gasteiger partial charge in [-0.25, -0.2) is 4.99 Å². The lowest BCUT2D eigenvalue weighted by Gasteiger charge is -2.21. The zero-order chi connectivity index (χ0) is 17.4. The normalized spacial score (nSPS) is 15.6. The van der Waals surface area contributed by atoms with Crippen molar-refractivity contribution in [2.24, 2.45) is 10.9 Å². The van der Waals surface area contributed by atoms with Crippen LogP contribution in [0.25, 0.3) is 0 Å². The Morgan fingerprint density at radius 2 is 2.12 bits per heavy atom. The van der Waals surface area contributed by atoms with Gasteiger partial charge >= 0.3 is 0 Å². The maximum atomic E-state index is 5.79. The zero-order valence-electron chi connectivity index (χ0n) is 15.5. The van der Waals surface area contributed by atoms with Crippen molar-refractivity contribution in [3.63, 3.8) is 0 Å². The molecule has 2 heterocycles. The molecule has 2 rings (SSSR count). The molecule has 24 heavy (non-hydrogen) atoms. The molecule has 0 saturated heterocycles. The fourth-order valence-corrected chi connectivity index (χ4v) is 2.98. The smallest absolute Gasteiger partial charge is 0.191 e. The summed E-state index contributed by atoms with van der Waals surface area (Å²) in [5.41, 5.74) is 0. The predicted molar refractivity (Wildman–Crippen MR) is 96.0 cm³/mol. The van der Waals surface area contributed by atoms with Gasteiger partial charge in [0.05, 0.1) is 6.10 Å². The molecule has 0 spiro atoms. The van der Waals surface area contributed by atoms with E-state index in [-0.39, 0.29) is 6.10 Å². The number of hydrogen-bond donors (Lipinski definition) is 2. The molecule has 2 N–H and O–H groups in total. The van der Waals surface area contributed by atoms with E-state index >= 15 is 0 Å². The number of ether oxygens (including phenoxy) is 1. The molecule has 136 valence electrons. The van der Waals surface area contributed by atoms with Gasteiger partial charge in [0, 0.05) is 32.7 Å². The Kier molecular flexibility index (Phi) is 7.49. The van der Waals surface area contributed by atoms with Crippen molar-refractivity contribution in [3.8, 4) is 0 Å². The molecule has 0 amide bonds. The Balaban J connectivity index is 1.86. The van der Waals surface area contributed by atoms with E-state index in [2.05, 4.69) is 51.2 Å². The standard InChI is InChI=1S/C17H32N6O/c1-5-18-17(19-10-9-14(13(3)4)24-6-2)20-12-16-22-21-15-8-7-11-23(15)16/h13-14H,5-12H2,1-4H3,(H2,18,19,20). The Hall–Kier alpha value is -1.63. The van der Waals surface area contributed by atoms with Gasteiger partial charge in [-0.05, 0) is 32.6 Å². The molecule has 0 saturated carbocycles. The third kappa shape index (κ3) is 5.19. The van der Waals surface area contributed by atoms with E-state index in [1.165, 1.54) is 0 Å². The lowest BCUT2D eigenvalue weighted by molar-refractivity contribution is 0.0258. The van der Waals surface area contributed by atoms with Crippen LogP contribution in [0.2, 0.25) is 0 Å². The fraction of sp³-hybridized carbons (Fsp3) is 0.824. The number of guanidine groups is 1. The first-order valence-corrected chi connectivity index (χ1v) is 9.20. The largest absolute Gasteiger partial charge is 0.378 e. The molecule has 1 aliphatic heterocycles. The first kappa shape index (κ1) is 18.7. The summed E-state index contributed by atoms with van der Waals surface area (Å²) in [7, 11) is 0. The Labute approximate surface area is 145 Å². The van der Waals surface area contributed by atoms with Crippen LogP contribution in [0, 0.1) is 5.92 Å². The minimum Gasteiger partial charge on any atom is -0.378 e. The fourth-order valence-electron chi connectivity index (χ4n) is 2.98. The Bertz CT molecular complexity index is 525. The maximum Gasteiger partial charge on any atom is 0.191 e. The van der Waals surface area contributed by atoms with Crippen LogP contribution in [-0.4, -0.2) is 46.5 Å². The highest BCUT2D eigenvalue weighted by molar-refractivity contribution is 5.79. The van der Waals surface area contributed by atoms with Crippen LogP contribution in [-0.2, 0) is 24.2 Å². The van der Waals surface area contributed by atoms with E-state index in [1.54, 1.807) is 0 Å². The van der Waals surface area contributed by atoms with E-state index in [0.29, 0.717) is 12.5 Å². The quantitative estimate of drug-likeness (QED) is 0.530. The van der Waals surface area contributed by atoms with Gasteiger partial charge in [-0.2, -0.15) is 0 Å². The molecule has 0 aromatic carbocycles. The monoisotopic (exact) mass is 336 g/mol. The predicted octanol–water partition coefficient (Wildman–Crippen LogP) is 1.73. The van der Waals surface area contributed by atoms with Gasteiger partial charge in [0.1, 0.15) is 12.4 Å². The van der Waals surface area contributed by atoms with Crippen LogP contribution in [0.3, 0.4) is 0 Å². The first-order chi connectivity index (χ1) is 11.7. The van der Waals surface area contributed by atoms with E-state index in [4.69, 9.17) is 4.74 Å². The second kappa shape index (κ2) is 9.61. The summed E-state index contributed by atoms with van der Waals surface area (Å²) >= 11 is 0. The van der Waals surface area contributed by atoms with Gasteiger partial charge in [-0.15, -0.1) is 10.2 Å². The number of nitrogens with zero attached hydrogens (tertiary/aromatic N) is 4. The molecule has 0 aliphatic carbocycles. The van der Waals surface area contributed by atoms with Gasteiger partial charge in [-0.3, -0.25) is 0 Å². The summed E-state index contributed by atoms with van der Waals surface area (Å²) in [4.78, 5) is 4.65. The number of aliphatic imine (C=N–C) groups is 1. The number of rotatable bonds is 9. The maximum absolute atomic E-state index is 5.79. The molecule has 7 heteroatoms. The number of aryl methyl sites for hydroxylation is 1. The Morgan fingerprint density at radius 1 is 1.29 bits per heavy atom. The van der Waals surface area contributed by atoms with Crippen LogP contribution >= 0.6 is 0 Å². The molecule has 0 fully saturated rings. The van der Waals surface area contributed by atoms with Gasteiger partial charge < -0.3 is 19.9 Å². The van der Waals surface area contributed by atoms with Crippen molar-refractivity contribution in [1.82, 2.24) is 25.4 Å². The van der Waals surface area contributed by atoms with Crippen LogP contribution < -0.4 is 10.6 Å². The summed E-state index contributed by atoms with van der Waals surface area (Å²) in [6, 6.07) is 0. The van der Waals surface area contributed by atoms with E-state index in [9.17, 15) is 0 Å². The van der Waals surface area contributed by atoms with Gasteiger partial charge in [0.25, 0.3) is 0 Å². The highest BCUT2D eigenvalue weighted by Crippen LogP contribution is 2.14. The average molecular weight is 336 g/mol. The SMILES string of the molecule is CCNC(=NCc1nnc2n1CCC2)NCCC(OCC)C(C)C. The summed E-state index contributed by atoms with van der Waals surface area (Å²) in [6.07, 6.45) is 3.44. The minimum absolute atomic E-state index is 0.283. The lowest BCUT2D eigenvalue weighted by atomic mass is 10.0. The highest BCUT2D eigenvalue weighted by Gasteiger charge is 2.17. The summed E-state index contributed by atoms with van der Waals surface area (Å²) in [5, 5.41) is 15.2. The molecular formula is C17H32N6O. The number of nitrogens with one attached hydrogen (secondary N) is 2. The first-order valence-electron chi connectivity index (χ1n) is 9.20. The van der Waals surface area contributed by atoms with Crippen LogP contribution in [0.1, 0.15) is 52.2 Å². The molecule has 0 bridgehead atoms. The van der Waals surface area contributed by atoms with Crippen LogP contribution in [0.5, 0.6) is 0 Å². The Morgan fingerprint density at radius 3 is 2.83 bits per heavy atom. The van der Waals surface area contributed by atoms with Crippen molar-refractivity contribution in [1.29, 1.82) is 0 Å². The van der Waals surface area contributed by atoms with E-state index in [1.807, 2.05) is 6.92 Å². The number of hydrogen-bond acceptors (Lipinski definition) is 4. The van der Waals surface area contributed by atoms with E-state index in [0.717, 1.165) is 63.1 Å². The van der Waals surface area contributed by atoms with Gasteiger partial charge in [-0.1, -0.05) is 13.8 Å². The third-order valence-electron chi connectivity index (χ3n) is 4.25. The summed E-state index contributed by atoms with van der Waals surface area (Å²) in [6.45, 7) is 12.5. The molecule has 1 atom stereocenters. The van der Waals surface area contributed by atoms with Crippen LogP contribution in [0.15, 0.2) is 4.99 Å². The average Bonchev–Trinajstić information content (AvgIpc) is 3.15. The van der Waals surface area contributed by atoms with Crippen molar-refractivity contribution in [2.45, 2.75) is 66.2 Å². The molecule has 1 aromatic rings. The molecule has 1 aromatic heterocycles. The molecular weight excluding hydrogens is 304 g/mol. The highest BCUT2D eigenvalue weighted by atomic mass is 16.5. The third-order valence-corrected chi connectivity index (χ3v) is 4.25. The number of aromatic nitrogens is 3. The number of fused-ring (bicyclic) bond motifs is 1. The van der Waals surface area contributed by atoms with Crippen molar-refractivity contribution < 1.29 is 4.74 Å². The summed E-state index contributed by atoms with van der Waals surface area (Å²) in [5.74, 6) is 3.39. The van der Waals surface area contributed by atoms with Crippen LogP contribution in [0.4, 0.5) is 0 Å². The molecule has 7 nitrogen and oxygen atoms in total. The second-order valence-electron chi connectivity index (χ2n) is 6.44. The van der Waals surface area contributed by atoms with E-state index < -0.39 is 0 Å². The van der Waals surface area contributed by atoms with Crippen molar-refractivity contribution >= 4 is 5.96 Å². The van der Waals surface area contributed by atoms with Gasteiger partial charge in [0.15, 0.2) is 11.8 Å². The van der Waals surface area contributed by atoms with Crippen molar-refractivity contribution in [2.75, 3.05) is 19.7 Å². The van der Waals surface area contributed by atoms with Gasteiger partial charge in [0.2, 0.25) is 0 Å². The molecule has 0 radical (unpaired) electrons. The second-order valence-corrected chi connectivity index (χ2v) is 6.44. The minimum atomic E-state index is 0.283. The molecule has 1 aliphatic rings. The lowest BCUT2D eigenvalue weighted by Crippen LogP contribution is -2.39.